The molecule has 0 radical (unpaired) electrons. The fourth-order valence-corrected chi connectivity index (χ4v) is 2.77. The van der Waals surface area contributed by atoms with E-state index in [1.165, 1.54) is 11.1 Å². The molecule has 23 heavy (non-hydrogen) atoms. The molecule has 0 N–H and O–H groups in total. The Balaban J connectivity index is 1.75. The Morgan fingerprint density at radius 1 is 1.09 bits per heavy atom. The van der Waals surface area contributed by atoms with Gasteiger partial charge in [0.15, 0.2) is 11.5 Å². The molecule has 0 amide bonds. The molecule has 1 aromatic heterocycles. The number of ether oxygens (including phenoxy) is 2. The molecule has 1 aliphatic rings. The topological polar surface area (TPSA) is 34.6 Å². The summed E-state index contributed by atoms with van der Waals surface area (Å²) in [6, 6.07) is 10.9. The van der Waals surface area contributed by atoms with Crippen molar-refractivity contribution in [3.63, 3.8) is 0 Å². The zero-order valence-electron chi connectivity index (χ0n) is 13.9. The van der Waals surface area contributed by atoms with Gasteiger partial charge in [-0.3, -0.25) is 9.88 Å². The molecular weight excluding hydrogens is 288 g/mol. The van der Waals surface area contributed by atoms with Gasteiger partial charge in [-0.05, 0) is 42.7 Å². The molecule has 0 bridgehead atoms. The van der Waals surface area contributed by atoms with E-state index in [-0.39, 0.29) is 0 Å². The van der Waals surface area contributed by atoms with Crippen LogP contribution in [-0.2, 0) is 13.1 Å². The molecule has 0 spiro atoms. The first-order valence-corrected chi connectivity index (χ1v) is 8.27. The van der Waals surface area contributed by atoms with Crippen molar-refractivity contribution in [3.8, 4) is 11.5 Å². The first kappa shape index (κ1) is 15.8. The third-order valence-corrected chi connectivity index (χ3v) is 4.31. The number of fused-ring (bicyclic) bond motifs is 1. The third-order valence-electron chi connectivity index (χ3n) is 4.31. The lowest BCUT2D eigenvalue weighted by atomic mass is 10.1. The van der Waals surface area contributed by atoms with Crippen LogP contribution in [0.25, 0.3) is 0 Å². The highest BCUT2D eigenvalue weighted by molar-refractivity contribution is 5.43. The number of hydrogen-bond donors (Lipinski definition) is 0. The number of benzene rings is 1. The summed E-state index contributed by atoms with van der Waals surface area (Å²) in [7, 11) is 0. The molecule has 0 saturated heterocycles. The number of aromatic nitrogens is 1. The van der Waals surface area contributed by atoms with E-state index in [2.05, 4.69) is 41.9 Å². The Hall–Kier alpha value is -2.07. The highest BCUT2D eigenvalue weighted by Gasteiger charge is 2.16. The van der Waals surface area contributed by atoms with E-state index in [9.17, 15) is 0 Å². The summed E-state index contributed by atoms with van der Waals surface area (Å²) < 4.78 is 11.3. The molecule has 122 valence electrons. The standard InChI is InChI=1S/C19H24N2O2/c1-3-15(2)21(14-17-5-4-8-20-12-17)13-16-6-7-18-19(11-16)23-10-9-22-18/h4-8,11-12,15H,3,9-10,13-14H2,1-2H3/t15-/m1/s1. The Labute approximate surface area is 138 Å². The lowest BCUT2D eigenvalue weighted by molar-refractivity contribution is 0.169. The number of hydrogen-bond acceptors (Lipinski definition) is 4. The van der Waals surface area contributed by atoms with E-state index in [0.717, 1.165) is 31.0 Å². The van der Waals surface area contributed by atoms with E-state index in [4.69, 9.17) is 9.47 Å². The minimum atomic E-state index is 0.503. The van der Waals surface area contributed by atoms with Crippen LogP contribution in [0.4, 0.5) is 0 Å². The molecule has 2 aromatic rings. The summed E-state index contributed by atoms with van der Waals surface area (Å²) in [5.74, 6) is 1.71. The molecule has 1 aromatic carbocycles. The van der Waals surface area contributed by atoms with Crippen molar-refractivity contribution in [1.29, 1.82) is 0 Å². The van der Waals surface area contributed by atoms with E-state index in [0.29, 0.717) is 19.3 Å². The maximum absolute atomic E-state index is 5.70. The van der Waals surface area contributed by atoms with Crippen LogP contribution in [0.1, 0.15) is 31.4 Å². The summed E-state index contributed by atoms with van der Waals surface area (Å²) in [6.07, 6.45) is 4.88. The Morgan fingerprint density at radius 3 is 2.61 bits per heavy atom. The third kappa shape index (κ3) is 4.02. The molecule has 0 aliphatic carbocycles. The second kappa shape index (κ2) is 7.47. The van der Waals surface area contributed by atoms with Crippen molar-refractivity contribution in [2.45, 2.75) is 39.4 Å². The number of pyridine rings is 1. The van der Waals surface area contributed by atoms with Crippen molar-refractivity contribution in [2.75, 3.05) is 13.2 Å². The van der Waals surface area contributed by atoms with Crippen molar-refractivity contribution in [1.82, 2.24) is 9.88 Å². The summed E-state index contributed by atoms with van der Waals surface area (Å²) in [5, 5.41) is 0. The quantitative estimate of drug-likeness (QED) is 0.815. The highest BCUT2D eigenvalue weighted by Crippen LogP contribution is 2.31. The first-order valence-electron chi connectivity index (χ1n) is 8.27. The lowest BCUT2D eigenvalue weighted by Gasteiger charge is -2.29. The van der Waals surface area contributed by atoms with Gasteiger partial charge in [0.05, 0.1) is 0 Å². The minimum Gasteiger partial charge on any atom is -0.486 e. The van der Waals surface area contributed by atoms with E-state index in [1.807, 2.05) is 24.5 Å². The van der Waals surface area contributed by atoms with Gasteiger partial charge in [0, 0.05) is 31.5 Å². The molecular formula is C19H24N2O2. The maximum atomic E-state index is 5.70. The van der Waals surface area contributed by atoms with Crippen molar-refractivity contribution in [2.24, 2.45) is 0 Å². The number of nitrogens with zero attached hydrogens (tertiary/aromatic N) is 2. The largest absolute Gasteiger partial charge is 0.486 e. The Kier molecular flexibility index (Phi) is 5.13. The van der Waals surface area contributed by atoms with Crippen LogP contribution >= 0.6 is 0 Å². The predicted octanol–water partition coefficient (Wildman–Crippen LogP) is 3.65. The molecule has 1 aliphatic heterocycles. The maximum Gasteiger partial charge on any atom is 0.161 e. The van der Waals surface area contributed by atoms with Crippen LogP contribution < -0.4 is 9.47 Å². The van der Waals surface area contributed by atoms with Crippen LogP contribution in [0.15, 0.2) is 42.7 Å². The van der Waals surface area contributed by atoms with E-state index in [1.54, 1.807) is 0 Å². The molecule has 0 saturated carbocycles. The van der Waals surface area contributed by atoms with Crippen LogP contribution in [0.2, 0.25) is 0 Å². The van der Waals surface area contributed by atoms with Gasteiger partial charge in [0.1, 0.15) is 13.2 Å². The SMILES string of the molecule is CC[C@@H](C)N(Cc1cccnc1)Cc1ccc2c(c1)OCCO2. The van der Waals surface area contributed by atoms with Gasteiger partial charge in [0.25, 0.3) is 0 Å². The van der Waals surface area contributed by atoms with Gasteiger partial charge < -0.3 is 9.47 Å². The fraction of sp³-hybridized carbons (Fsp3) is 0.421. The van der Waals surface area contributed by atoms with Gasteiger partial charge in [-0.15, -0.1) is 0 Å². The van der Waals surface area contributed by atoms with E-state index >= 15 is 0 Å². The van der Waals surface area contributed by atoms with Gasteiger partial charge in [0.2, 0.25) is 0 Å². The van der Waals surface area contributed by atoms with Crippen LogP contribution in [-0.4, -0.2) is 29.1 Å². The molecule has 4 heteroatoms. The monoisotopic (exact) mass is 312 g/mol. The highest BCUT2D eigenvalue weighted by atomic mass is 16.6. The van der Waals surface area contributed by atoms with Gasteiger partial charge >= 0.3 is 0 Å². The minimum absolute atomic E-state index is 0.503. The molecule has 0 unspecified atom stereocenters. The van der Waals surface area contributed by atoms with Crippen LogP contribution in [0.3, 0.4) is 0 Å². The second-order valence-electron chi connectivity index (χ2n) is 6.00. The normalized spacial score (nSPS) is 14.7. The Bertz CT molecular complexity index is 631. The summed E-state index contributed by atoms with van der Waals surface area (Å²) >= 11 is 0. The second-order valence-corrected chi connectivity index (χ2v) is 6.00. The molecule has 3 rings (SSSR count). The first-order chi connectivity index (χ1) is 11.3. The number of rotatable bonds is 6. The summed E-state index contributed by atoms with van der Waals surface area (Å²) in [6.45, 7) is 7.55. The summed E-state index contributed by atoms with van der Waals surface area (Å²) in [4.78, 5) is 6.70. The fourth-order valence-electron chi connectivity index (χ4n) is 2.77. The van der Waals surface area contributed by atoms with Crippen molar-refractivity contribution in [3.05, 3.63) is 53.9 Å². The van der Waals surface area contributed by atoms with Crippen LogP contribution in [0.5, 0.6) is 11.5 Å². The molecule has 0 fully saturated rings. The van der Waals surface area contributed by atoms with Crippen molar-refractivity contribution >= 4 is 0 Å². The predicted molar refractivity (Wildman–Crippen MR) is 90.7 cm³/mol. The zero-order valence-corrected chi connectivity index (χ0v) is 13.9. The zero-order chi connectivity index (χ0) is 16.1. The van der Waals surface area contributed by atoms with Gasteiger partial charge in [-0.1, -0.05) is 19.1 Å². The lowest BCUT2D eigenvalue weighted by Crippen LogP contribution is -2.31. The van der Waals surface area contributed by atoms with E-state index < -0.39 is 0 Å². The average Bonchev–Trinajstić information content (AvgIpc) is 2.61. The van der Waals surface area contributed by atoms with Crippen molar-refractivity contribution < 1.29 is 9.47 Å². The average molecular weight is 312 g/mol. The molecule has 2 heterocycles. The molecule has 1 atom stereocenters. The summed E-state index contributed by atoms with van der Waals surface area (Å²) in [5.41, 5.74) is 2.49. The smallest absolute Gasteiger partial charge is 0.161 e. The van der Waals surface area contributed by atoms with Crippen LogP contribution in [0, 0.1) is 0 Å². The molecule has 4 nitrogen and oxygen atoms in total. The van der Waals surface area contributed by atoms with Gasteiger partial charge in [-0.25, -0.2) is 0 Å². The van der Waals surface area contributed by atoms with Gasteiger partial charge in [-0.2, -0.15) is 0 Å². The Morgan fingerprint density at radius 2 is 1.87 bits per heavy atom.